The Kier molecular flexibility index (Phi) is 4.79. The van der Waals surface area contributed by atoms with Crippen molar-refractivity contribution >= 4 is 0 Å². The van der Waals surface area contributed by atoms with Crippen LogP contribution < -0.4 is 0 Å². The first-order valence-electron chi connectivity index (χ1n) is 7.75. The van der Waals surface area contributed by atoms with Gasteiger partial charge in [-0.25, -0.2) is 4.98 Å². The summed E-state index contributed by atoms with van der Waals surface area (Å²) in [5.41, 5.74) is 0. The number of hydrogen-bond donors (Lipinski definition) is 0. The number of aryl methyl sites for hydroxylation is 1. The van der Waals surface area contributed by atoms with Crippen LogP contribution in [0.25, 0.3) is 0 Å². The van der Waals surface area contributed by atoms with Crippen LogP contribution >= 0.6 is 0 Å². The van der Waals surface area contributed by atoms with Gasteiger partial charge in [0.2, 0.25) is 5.89 Å². The molecule has 2 aromatic heterocycles. The van der Waals surface area contributed by atoms with Crippen LogP contribution in [0, 0.1) is 6.92 Å². The molecule has 8 nitrogen and oxygen atoms in total. The Balaban J connectivity index is 1.49. The van der Waals surface area contributed by atoms with Crippen LogP contribution in [-0.2, 0) is 13.1 Å². The molecule has 8 heteroatoms. The van der Waals surface area contributed by atoms with Gasteiger partial charge in [-0.3, -0.25) is 9.58 Å². The molecule has 3 rings (SSSR count). The first kappa shape index (κ1) is 15.1. The van der Waals surface area contributed by atoms with Crippen molar-refractivity contribution in [1.82, 2.24) is 34.7 Å². The van der Waals surface area contributed by atoms with Gasteiger partial charge >= 0.3 is 0 Å². The van der Waals surface area contributed by atoms with Crippen LogP contribution in [-0.4, -0.2) is 67.4 Å². The molecular formula is C14H23N7O. The van der Waals surface area contributed by atoms with E-state index in [2.05, 4.69) is 37.1 Å². The molecule has 22 heavy (non-hydrogen) atoms. The van der Waals surface area contributed by atoms with Crippen molar-refractivity contribution in [3.63, 3.8) is 0 Å². The molecule has 1 atom stereocenters. The van der Waals surface area contributed by atoms with Gasteiger partial charge < -0.3 is 9.42 Å². The molecule has 0 radical (unpaired) electrons. The largest absolute Gasteiger partial charge is 0.340 e. The summed E-state index contributed by atoms with van der Waals surface area (Å²) in [7, 11) is 2.18. The molecule has 1 aliphatic rings. The van der Waals surface area contributed by atoms with Crippen molar-refractivity contribution < 1.29 is 4.52 Å². The quantitative estimate of drug-likeness (QED) is 0.772. The molecule has 0 aliphatic carbocycles. The molecule has 0 amide bonds. The van der Waals surface area contributed by atoms with Gasteiger partial charge in [0.05, 0.1) is 13.1 Å². The summed E-state index contributed by atoms with van der Waals surface area (Å²) in [6.45, 7) is 6.58. The lowest BCUT2D eigenvalue weighted by molar-refractivity contribution is 0.106. The summed E-state index contributed by atoms with van der Waals surface area (Å²) in [6.07, 6.45) is 5.78. The van der Waals surface area contributed by atoms with E-state index in [9.17, 15) is 0 Å². The Bertz CT molecular complexity index is 568. The van der Waals surface area contributed by atoms with Crippen LogP contribution in [0.5, 0.6) is 0 Å². The van der Waals surface area contributed by atoms with Crippen molar-refractivity contribution in [2.24, 2.45) is 0 Å². The highest BCUT2D eigenvalue weighted by Gasteiger charge is 2.24. The van der Waals surface area contributed by atoms with E-state index in [0.717, 1.165) is 38.5 Å². The van der Waals surface area contributed by atoms with Crippen LogP contribution in [0.15, 0.2) is 17.2 Å². The smallest absolute Gasteiger partial charge is 0.223 e. The van der Waals surface area contributed by atoms with Gasteiger partial charge in [0, 0.05) is 26.1 Å². The van der Waals surface area contributed by atoms with Gasteiger partial charge in [-0.15, -0.1) is 0 Å². The minimum atomic E-state index is 0.560. The first-order chi connectivity index (χ1) is 10.7. The highest BCUT2D eigenvalue weighted by Crippen LogP contribution is 2.16. The number of aromatic nitrogens is 5. The molecule has 1 aliphatic heterocycles. The van der Waals surface area contributed by atoms with Crippen molar-refractivity contribution in [1.29, 1.82) is 0 Å². The number of nitrogens with zero attached hydrogens (tertiary/aromatic N) is 7. The SMILES string of the molecule is Cc1nc(CN2CCC[C@H](N(C)CCn3cncn3)C2)no1. The van der Waals surface area contributed by atoms with E-state index in [-0.39, 0.29) is 0 Å². The molecule has 120 valence electrons. The summed E-state index contributed by atoms with van der Waals surface area (Å²) in [5.74, 6) is 1.41. The van der Waals surface area contributed by atoms with E-state index in [1.54, 1.807) is 12.7 Å². The lowest BCUT2D eigenvalue weighted by atomic mass is 10.0. The predicted octanol–water partition coefficient (Wildman–Crippen LogP) is 0.566. The standard InChI is InChI=1S/C14H23N7O/c1-12-17-14(18-22-12)9-20-5-3-4-13(8-20)19(2)6-7-21-11-15-10-16-21/h10-11,13H,3-9H2,1-2H3/t13-/m0/s1. The Morgan fingerprint density at radius 2 is 2.36 bits per heavy atom. The molecule has 0 N–H and O–H groups in total. The second-order valence-corrected chi connectivity index (χ2v) is 5.90. The molecule has 0 bridgehead atoms. The third-order valence-electron chi connectivity index (χ3n) is 4.19. The van der Waals surface area contributed by atoms with E-state index >= 15 is 0 Å². The van der Waals surface area contributed by atoms with Crippen LogP contribution in [0.1, 0.15) is 24.6 Å². The highest BCUT2D eigenvalue weighted by molar-refractivity contribution is 4.87. The number of hydrogen-bond acceptors (Lipinski definition) is 7. The Morgan fingerprint density at radius 1 is 1.45 bits per heavy atom. The molecular weight excluding hydrogens is 282 g/mol. The minimum Gasteiger partial charge on any atom is -0.340 e. The van der Waals surface area contributed by atoms with Crippen molar-refractivity contribution in [2.45, 2.75) is 38.9 Å². The second-order valence-electron chi connectivity index (χ2n) is 5.90. The lowest BCUT2D eigenvalue weighted by Crippen LogP contribution is -2.47. The fraction of sp³-hybridized carbons (Fsp3) is 0.714. The van der Waals surface area contributed by atoms with Gasteiger partial charge in [-0.1, -0.05) is 5.16 Å². The maximum atomic E-state index is 5.05. The molecule has 1 saturated heterocycles. The van der Waals surface area contributed by atoms with Crippen molar-refractivity contribution in [3.05, 3.63) is 24.4 Å². The number of rotatable bonds is 6. The zero-order valence-electron chi connectivity index (χ0n) is 13.2. The molecule has 0 spiro atoms. The van der Waals surface area contributed by atoms with E-state index in [1.165, 1.54) is 12.8 Å². The maximum Gasteiger partial charge on any atom is 0.223 e. The monoisotopic (exact) mass is 305 g/mol. The minimum absolute atomic E-state index is 0.560. The van der Waals surface area contributed by atoms with Gasteiger partial charge in [0.15, 0.2) is 5.82 Å². The van der Waals surface area contributed by atoms with E-state index in [0.29, 0.717) is 11.9 Å². The van der Waals surface area contributed by atoms with E-state index < -0.39 is 0 Å². The Morgan fingerprint density at radius 3 is 3.09 bits per heavy atom. The highest BCUT2D eigenvalue weighted by atomic mass is 16.5. The van der Waals surface area contributed by atoms with Gasteiger partial charge in [-0.05, 0) is 26.4 Å². The molecule has 0 unspecified atom stereocenters. The average molecular weight is 305 g/mol. The van der Waals surface area contributed by atoms with Crippen molar-refractivity contribution in [2.75, 3.05) is 26.7 Å². The zero-order valence-corrected chi connectivity index (χ0v) is 13.2. The summed E-state index contributed by atoms with van der Waals surface area (Å²) in [5, 5.41) is 8.14. The van der Waals surface area contributed by atoms with E-state index in [4.69, 9.17) is 4.52 Å². The van der Waals surface area contributed by atoms with Gasteiger partial charge in [0.1, 0.15) is 12.7 Å². The van der Waals surface area contributed by atoms with Crippen LogP contribution in [0.3, 0.4) is 0 Å². The second kappa shape index (κ2) is 6.97. The molecule has 2 aromatic rings. The number of likely N-dealkylation sites (N-methyl/N-ethyl adjacent to an activating group) is 1. The number of likely N-dealkylation sites (tertiary alicyclic amines) is 1. The zero-order chi connectivity index (χ0) is 15.4. The Hall–Kier alpha value is -1.80. The topological polar surface area (TPSA) is 76.1 Å². The fourth-order valence-electron chi connectivity index (χ4n) is 2.93. The van der Waals surface area contributed by atoms with Crippen LogP contribution in [0.2, 0.25) is 0 Å². The molecule has 3 heterocycles. The fourth-order valence-corrected chi connectivity index (χ4v) is 2.93. The lowest BCUT2D eigenvalue weighted by Gasteiger charge is -2.37. The summed E-state index contributed by atoms with van der Waals surface area (Å²) in [4.78, 5) is 13.1. The summed E-state index contributed by atoms with van der Waals surface area (Å²) >= 11 is 0. The summed E-state index contributed by atoms with van der Waals surface area (Å²) < 4.78 is 6.92. The average Bonchev–Trinajstić information content (AvgIpc) is 3.17. The normalized spacial score (nSPS) is 19.9. The molecule has 0 aromatic carbocycles. The third-order valence-corrected chi connectivity index (χ3v) is 4.19. The molecule has 1 fully saturated rings. The van der Waals surface area contributed by atoms with E-state index in [1.807, 2.05) is 11.6 Å². The van der Waals surface area contributed by atoms with Gasteiger partial charge in [-0.2, -0.15) is 10.1 Å². The van der Waals surface area contributed by atoms with Crippen LogP contribution in [0.4, 0.5) is 0 Å². The first-order valence-corrected chi connectivity index (χ1v) is 7.75. The maximum absolute atomic E-state index is 5.05. The predicted molar refractivity (Wildman–Crippen MR) is 80.0 cm³/mol. The third kappa shape index (κ3) is 3.89. The molecule has 0 saturated carbocycles. The van der Waals surface area contributed by atoms with Crippen molar-refractivity contribution in [3.8, 4) is 0 Å². The Labute approximate surface area is 130 Å². The summed E-state index contributed by atoms with van der Waals surface area (Å²) in [6, 6.07) is 0.560. The number of piperidine rings is 1. The van der Waals surface area contributed by atoms with Gasteiger partial charge in [0.25, 0.3) is 0 Å².